The van der Waals surface area contributed by atoms with E-state index in [9.17, 15) is 13.6 Å². The molecule has 0 aliphatic carbocycles. The smallest absolute Gasteiger partial charge is 0.308 e. The average Bonchev–Trinajstić information content (AvgIpc) is 2.63. The van der Waals surface area contributed by atoms with Crippen molar-refractivity contribution in [2.45, 2.75) is 13.3 Å². The van der Waals surface area contributed by atoms with Crippen LogP contribution in [0.25, 0.3) is 10.6 Å². The molecule has 18 heavy (non-hydrogen) atoms. The van der Waals surface area contributed by atoms with Gasteiger partial charge in [0.15, 0.2) is 0 Å². The molecule has 0 fully saturated rings. The first-order valence-corrected chi connectivity index (χ1v) is 5.92. The lowest BCUT2D eigenvalue weighted by molar-refractivity contribution is -0.136. The third-order valence-corrected chi connectivity index (χ3v) is 3.55. The van der Waals surface area contributed by atoms with Crippen molar-refractivity contribution >= 4 is 17.3 Å². The van der Waals surface area contributed by atoms with Gasteiger partial charge in [-0.3, -0.25) is 4.79 Å². The number of aliphatic carboxylic acids is 1. The molecule has 1 heterocycles. The largest absolute Gasteiger partial charge is 0.481 e. The fraction of sp³-hybridized carbons (Fsp3) is 0.167. The summed E-state index contributed by atoms with van der Waals surface area (Å²) in [6, 6.07) is 3.11. The Morgan fingerprint density at radius 2 is 2.17 bits per heavy atom. The van der Waals surface area contributed by atoms with Gasteiger partial charge < -0.3 is 5.11 Å². The highest BCUT2D eigenvalue weighted by molar-refractivity contribution is 7.15. The van der Waals surface area contributed by atoms with E-state index in [0.717, 1.165) is 29.5 Å². The first-order chi connectivity index (χ1) is 8.47. The highest BCUT2D eigenvalue weighted by atomic mass is 32.1. The van der Waals surface area contributed by atoms with E-state index in [2.05, 4.69) is 4.98 Å². The Hall–Kier alpha value is -1.82. The van der Waals surface area contributed by atoms with Gasteiger partial charge in [0.05, 0.1) is 12.1 Å². The van der Waals surface area contributed by atoms with Crippen LogP contribution in [-0.4, -0.2) is 16.1 Å². The Labute approximate surface area is 106 Å². The molecule has 0 saturated carbocycles. The Kier molecular flexibility index (Phi) is 3.38. The lowest BCUT2D eigenvalue weighted by Crippen LogP contribution is -1.99. The summed E-state index contributed by atoms with van der Waals surface area (Å²) in [4.78, 5) is 15.3. The van der Waals surface area contributed by atoms with Crippen LogP contribution < -0.4 is 0 Å². The number of halogens is 2. The minimum atomic E-state index is -0.979. The maximum Gasteiger partial charge on any atom is 0.308 e. The van der Waals surface area contributed by atoms with Crippen molar-refractivity contribution in [2.75, 3.05) is 0 Å². The predicted octanol–water partition coefficient (Wildman–Crippen LogP) is 3.02. The van der Waals surface area contributed by atoms with E-state index in [-0.39, 0.29) is 12.0 Å². The van der Waals surface area contributed by atoms with Gasteiger partial charge in [-0.05, 0) is 25.1 Å². The number of aromatic nitrogens is 1. The Bertz CT molecular complexity index is 610. The second-order valence-electron chi connectivity index (χ2n) is 3.72. The zero-order chi connectivity index (χ0) is 13.3. The van der Waals surface area contributed by atoms with E-state index in [4.69, 9.17) is 5.11 Å². The molecule has 1 aromatic heterocycles. The van der Waals surface area contributed by atoms with Crippen molar-refractivity contribution in [3.8, 4) is 10.6 Å². The van der Waals surface area contributed by atoms with Crippen LogP contribution in [0.3, 0.4) is 0 Å². The number of aryl methyl sites for hydroxylation is 1. The first kappa shape index (κ1) is 12.6. The lowest BCUT2D eigenvalue weighted by atomic mass is 10.2. The number of hydrogen-bond acceptors (Lipinski definition) is 3. The summed E-state index contributed by atoms with van der Waals surface area (Å²) in [7, 11) is 0. The fourth-order valence-electron chi connectivity index (χ4n) is 1.51. The van der Waals surface area contributed by atoms with E-state index in [1.54, 1.807) is 6.92 Å². The zero-order valence-corrected chi connectivity index (χ0v) is 10.2. The van der Waals surface area contributed by atoms with Crippen LogP contribution >= 0.6 is 11.3 Å². The Morgan fingerprint density at radius 3 is 2.83 bits per heavy atom. The van der Waals surface area contributed by atoms with Gasteiger partial charge in [-0.1, -0.05) is 0 Å². The maximum atomic E-state index is 13.5. The number of carboxylic acid groups (broad SMARTS) is 1. The summed E-state index contributed by atoms with van der Waals surface area (Å²) in [5, 5.41) is 9.01. The fourth-order valence-corrected chi connectivity index (χ4v) is 2.58. The van der Waals surface area contributed by atoms with Crippen molar-refractivity contribution in [1.82, 2.24) is 4.98 Å². The van der Waals surface area contributed by atoms with Gasteiger partial charge in [-0.15, -0.1) is 11.3 Å². The average molecular weight is 269 g/mol. The number of rotatable bonds is 3. The van der Waals surface area contributed by atoms with Crippen LogP contribution in [0.1, 0.15) is 10.6 Å². The normalized spacial score (nSPS) is 10.6. The van der Waals surface area contributed by atoms with Gasteiger partial charge in [0.1, 0.15) is 16.6 Å². The molecule has 0 bridgehead atoms. The monoisotopic (exact) mass is 269 g/mol. The SMILES string of the molecule is Cc1nc(-c2cc(F)ccc2F)sc1CC(=O)O. The van der Waals surface area contributed by atoms with E-state index < -0.39 is 17.6 Å². The molecule has 0 atom stereocenters. The maximum absolute atomic E-state index is 13.5. The molecule has 6 heteroatoms. The lowest BCUT2D eigenvalue weighted by Gasteiger charge is -1.98. The molecule has 0 saturated heterocycles. The summed E-state index contributed by atoms with van der Waals surface area (Å²) >= 11 is 1.07. The molecule has 0 amide bonds. The topological polar surface area (TPSA) is 50.2 Å². The van der Waals surface area contributed by atoms with Crippen LogP contribution in [0.4, 0.5) is 8.78 Å². The highest BCUT2D eigenvalue weighted by Crippen LogP contribution is 2.30. The van der Waals surface area contributed by atoms with Crippen LogP contribution in [-0.2, 0) is 11.2 Å². The number of carboxylic acids is 1. The summed E-state index contributed by atoms with van der Waals surface area (Å²) in [5.74, 6) is -2.11. The van der Waals surface area contributed by atoms with Gasteiger partial charge in [-0.25, -0.2) is 13.8 Å². The molecule has 1 aromatic carbocycles. The molecule has 1 N–H and O–H groups in total. The van der Waals surface area contributed by atoms with Crippen molar-refractivity contribution in [1.29, 1.82) is 0 Å². The minimum Gasteiger partial charge on any atom is -0.481 e. The molecule has 0 aliphatic heterocycles. The quantitative estimate of drug-likeness (QED) is 0.931. The van der Waals surface area contributed by atoms with Crippen molar-refractivity contribution in [3.63, 3.8) is 0 Å². The van der Waals surface area contributed by atoms with Crippen LogP contribution in [0, 0.1) is 18.6 Å². The predicted molar refractivity (Wildman–Crippen MR) is 63.5 cm³/mol. The molecule has 0 radical (unpaired) electrons. The van der Waals surface area contributed by atoms with Crippen molar-refractivity contribution < 1.29 is 18.7 Å². The van der Waals surface area contributed by atoms with Crippen LogP contribution in [0.15, 0.2) is 18.2 Å². The molecule has 94 valence electrons. The molecule has 3 nitrogen and oxygen atoms in total. The van der Waals surface area contributed by atoms with Gasteiger partial charge >= 0.3 is 5.97 Å². The second kappa shape index (κ2) is 4.81. The molecule has 2 rings (SSSR count). The standard InChI is InChI=1S/C12H9F2NO2S/c1-6-10(5-11(16)17)18-12(15-6)8-4-7(13)2-3-9(8)14/h2-4H,5H2,1H3,(H,16,17). The molecule has 2 aromatic rings. The summed E-state index contributed by atoms with van der Waals surface area (Å²) in [6.07, 6.45) is -0.166. The van der Waals surface area contributed by atoms with Gasteiger partial charge in [0.2, 0.25) is 0 Å². The van der Waals surface area contributed by atoms with E-state index in [1.807, 2.05) is 0 Å². The Balaban J connectivity index is 2.45. The van der Waals surface area contributed by atoms with Crippen LogP contribution in [0.2, 0.25) is 0 Å². The molecular formula is C12H9F2NO2S. The zero-order valence-electron chi connectivity index (χ0n) is 9.41. The molecule has 0 aliphatic rings. The molecule has 0 unspecified atom stereocenters. The minimum absolute atomic E-state index is 0.0553. The third-order valence-electron chi connectivity index (χ3n) is 2.36. The number of hydrogen-bond donors (Lipinski definition) is 1. The molecule has 0 spiro atoms. The summed E-state index contributed by atoms with van der Waals surface area (Å²) < 4.78 is 26.6. The first-order valence-electron chi connectivity index (χ1n) is 5.11. The molecular weight excluding hydrogens is 260 g/mol. The third kappa shape index (κ3) is 2.53. The van der Waals surface area contributed by atoms with Crippen molar-refractivity contribution in [3.05, 3.63) is 40.4 Å². The van der Waals surface area contributed by atoms with E-state index >= 15 is 0 Å². The van der Waals surface area contributed by atoms with Gasteiger partial charge in [-0.2, -0.15) is 0 Å². The number of nitrogens with zero attached hydrogens (tertiary/aromatic N) is 1. The van der Waals surface area contributed by atoms with Crippen molar-refractivity contribution in [2.24, 2.45) is 0 Å². The highest BCUT2D eigenvalue weighted by Gasteiger charge is 2.15. The summed E-state index contributed by atoms with van der Waals surface area (Å²) in [5.41, 5.74) is 0.584. The van der Waals surface area contributed by atoms with E-state index in [0.29, 0.717) is 15.6 Å². The Morgan fingerprint density at radius 1 is 1.44 bits per heavy atom. The number of carbonyl (C=O) groups is 1. The van der Waals surface area contributed by atoms with Crippen LogP contribution in [0.5, 0.6) is 0 Å². The summed E-state index contributed by atoms with van der Waals surface area (Å²) in [6.45, 7) is 1.65. The number of benzene rings is 1. The van der Waals surface area contributed by atoms with E-state index in [1.165, 1.54) is 0 Å². The number of thiazole rings is 1. The van der Waals surface area contributed by atoms with Gasteiger partial charge in [0, 0.05) is 10.4 Å². The second-order valence-corrected chi connectivity index (χ2v) is 4.81. The van der Waals surface area contributed by atoms with Gasteiger partial charge in [0.25, 0.3) is 0 Å².